The molecule has 1 aliphatic heterocycles. The van der Waals surface area contributed by atoms with Gasteiger partial charge >= 0.3 is 0 Å². The molecule has 2 heterocycles. The highest BCUT2D eigenvalue weighted by Gasteiger charge is 2.71. The molecule has 2 aliphatic rings. The van der Waals surface area contributed by atoms with Gasteiger partial charge in [0.2, 0.25) is 0 Å². The predicted octanol–water partition coefficient (Wildman–Crippen LogP) is 1.30. The number of ether oxygens (including phenoxy) is 1. The molecule has 2 N–H and O–H groups in total. The minimum absolute atomic E-state index is 0.00391. The van der Waals surface area contributed by atoms with E-state index in [9.17, 15) is 15.0 Å². The molecule has 6 nitrogen and oxygen atoms in total. The zero-order valence-corrected chi connectivity index (χ0v) is 14.6. The fourth-order valence-electron chi connectivity index (χ4n) is 4.54. The van der Waals surface area contributed by atoms with E-state index in [2.05, 4.69) is 4.98 Å². The number of amides is 1. The summed E-state index contributed by atoms with van der Waals surface area (Å²) in [6.45, 7) is 0.657. The maximum Gasteiger partial charge on any atom is 0.272 e. The standard InChI is InChI=1S/C20H22N2O4/c1-26-14-7-8-21-16(9-14)19(25)22-10-17(24)20(12-22)15(11-23)18(20)13-5-3-2-4-6-13/h2-9,15,17-18,23-24H,10-12H2,1H3/t15-,17+,18-,20-/m1/s1. The highest BCUT2D eigenvalue weighted by atomic mass is 16.5. The summed E-state index contributed by atoms with van der Waals surface area (Å²) in [4.78, 5) is 18.6. The van der Waals surface area contributed by atoms with Crippen molar-refractivity contribution in [3.8, 4) is 5.75 Å². The molecule has 1 aromatic heterocycles. The van der Waals surface area contributed by atoms with Crippen LogP contribution >= 0.6 is 0 Å². The Labute approximate surface area is 152 Å². The minimum Gasteiger partial charge on any atom is -0.497 e. The van der Waals surface area contributed by atoms with Crippen molar-refractivity contribution in [2.75, 3.05) is 26.8 Å². The van der Waals surface area contributed by atoms with E-state index >= 15 is 0 Å². The van der Waals surface area contributed by atoms with Crippen molar-refractivity contribution in [2.24, 2.45) is 11.3 Å². The van der Waals surface area contributed by atoms with Crippen molar-refractivity contribution in [1.82, 2.24) is 9.88 Å². The molecule has 1 amide bonds. The fraction of sp³-hybridized carbons (Fsp3) is 0.400. The number of hydrogen-bond acceptors (Lipinski definition) is 5. The first-order chi connectivity index (χ1) is 12.6. The largest absolute Gasteiger partial charge is 0.497 e. The number of aliphatic hydroxyl groups is 2. The summed E-state index contributed by atoms with van der Waals surface area (Å²) in [6.07, 6.45) is 0.869. The van der Waals surface area contributed by atoms with Gasteiger partial charge in [0.1, 0.15) is 11.4 Å². The molecular weight excluding hydrogens is 332 g/mol. The first-order valence-corrected chi connectivity index (χ1v) is 8.75. The smallest absolute Gasteiger partial charge is 0.272 e. The number of rotatable bonds is 4. The summed E-state index contributed by atoms with van der Waals surface area (Å²) < 4.78 is 5.16. The summed E-state index contributed by atoms with van der Waals surface area (Å²) in [6, 6.07) is 13.2. The number of methoxy groups -OCH3 is 1. The van der Waals surface area contributed by atoms with Crippen LogP contribution in [0.25, 0.3) is 0 Å². The Balaban J connectivity index is 1.59. The number of carbonyl (C=O) groups is 1. The average molecular weight is 354 g/mol. The van der Waals surface area contributed by atoms with Crippen molar-refractivity contribution in [2.45, 2.75) is 12.0 Å². The lowest BCUT2D eigenvalue weighted by Crippen LogP contribution is -2.30. The van der Waals surface area contributed by atoms with Crippen LogP contribution in [0.2, 0.25) is 0 Å². The molecule has 6 heteroatoms. The number of aromatic nitrogens is 1. The fourth-order valence-corrected chi connectivity index (χ4v) is 4.54. The number of hydrogen-bond donors (Lipinski definition) is 2. The number of pyridine rings is 1. The van der Waals surface area contributed by atoms with Gasteiger partial charge < -0.3 is 19.8 Å². The third-order valence-electron chi connectivity index (χ3n) is 5.87. The third kappa shape index (κ3) is 2.48. The molecular formula is C20H22N2O4. The van der Waals surface area contributed by atoms with Crippen molar-refractivity contribution < 1.29 is 19.7 Å². The average Bonchev–Trinajstić information content (AvgIpc) is 3.23. The van der Waals surface area contributed by atoms with Gasteiger partial charge in [0.15, 0.2) is 0 Å². The maximum absolute atomic E-state index is 12.8. The quantitative estimate of drug-likeness (QED) is 0.865. The normalized spacial score (nSPS) is 29.8. The highest BCUT2D eigenvalue weighted by Crippen LogP contribution is 2.68. The van der Waals surface area contributed by atoms with Gasteiger partial charge in [0, 0.05) is 37.4 Å². The molecule has 1 aromatic carbocycles. The van der Waals surface area contributed by atoms with E-state index in [0.717, 1.165) is 5.56 Å². The molecule has 26 heavy (non-hydrogen) atoms. The minimum atomic E-state index is -0.667. The van der Waals surface area contributed by atoms with Gasteiger partial charge in [-0.25, -0.2) is 0 Å². The van der Waals surface area contributed by atoms with Gasteiger partial charge in [-0.2, -0.15) is 0 Å². The zero-order valence-electron chi connectivity index (χ0n) is 14.6. The van der Waals surface area contributed by atoms with Crippen molar-refractivity contribution in [3.63, 3.8) is 0 Å². The molecule has 0 radical (unpaired) electrons. The topological polar surface area (TPSA) is 82.9 Å². The first-order valence-electron chi connectivity index (χ1n) is 8.75. The van der Waals surface area contributed by atoms with Crippen molar-refractivity contribution >= 4 is 5.91 Å². The first kappa shape index (κ1) is 17.0. The van der Waals surface area contributed by atoms with E-state index in [1.807, 2.05) is 30.3 Å². The molecule has 0 bridgehead atoms. The molecule has 4 rings (SSSR count). The van der Waals surface area contributed by atoms with E-state index in [-0.39, 0.29) is 30.9 Å². The Kier molecular flexibility index (Phi) is 4.17. The van der Waals surface area contributed by atoms with Crippen molar-refractivity contribution in [3.05, 3.63) is 59.9 Å². The van der Waals surface area contributed by atoms with Crippen LogP contribution in [0.15, 0.2) is 48.7 Å². The lowest BCUT2D eigenvalue weighted by atomic mass is 9.95. The van der Waals surface area contributed by atoms with Crippen LogP contribution in [-0.2, 0) is 0 Å². The van der Waals surface area contributed by atoms with Crippen LogP contribution in [0.1, 0.15) is 22.0 Å². The van der Waals surface area contributed by atoms with Gasteiger partial charge in [0.05, 0.1) is 13.2 Å². The van der Waals surface area contributed by atoms with Crippen LogP contribution in [-0.4, -0.2) is 58.9 Å². The Morgan fingerprint density at radius 3 is 2.81 bits per heavy atom. The Morgan fingerprint density at radius 2 is 2.12 bits per heavy atom. The SMILES string of the molecule is COc1ccnc(C(=O)N2C[C@H](O)[C@@]3(C2)[C@H](CO)[C@H]3c2ccccc2)c1. The van der Waals surface area contributed by atoms with Gasteiger partial charge in [0.25, 0.3) is 5.91 Å². The monoisotopic (exact) mass is 354 g/mol. The Bertz CT molecular complexity index is 812. The summed E-state index contributed by atoms with van der Waals surface area (Å²) in [5, 5.41) is 20.6. The molecule has 136 valence electrons. The summed E-state index contributed by atoms with van der Waals surface area (Å²) >= 11 is 0. The molecule has 1 spiro atoms. The predicted molar refractivity (Wildman–Crippen MR) is 94.9 cm³/mol. The second-order valence-corrected chi connectivity index (χ2v) is 7.07. The highest BCUT2D eigenvalue weighted by molar-refractivity contribution is 5.93. The molecule has 1 saturated heterocycles. The van der Waals surface area contributed by atoms with Crippen LogP contribution in [0, 0.1) is 11.3 Å². The van der Waals surface area contributed by atoms with E-state index < -0.39 is 11.5 Å². The van der Waals surface area contributed by atoms with Crippen molar-refractivity contribution in [1.29, 1.82) is 0 Å². The molecule has 0 unspecified atom stereocenters. The van der Waals surface area contributed by atoms with Gasteiger partial charge in [-0.05, 0) is 23.5 Å². The summed E-state index contributed by atoms with van der Waals surface area (Å²) in [5.41, 5.74) is 0.912. The van der Waals surface area contributed by atoms with E-state index in [1.165, 1.54) is 6.20 Å². The number of benzene rings is 1. The molecule has 4 atom stereocenters. The Morgan fingerprint density at radius 1 is 1.35 bits per heavy atom. The van der Waals surface area contributed by atoms with Gasteiger partial charge in [-0.3, -0.25) is 9.78 Å². The second kappa shape index (κ2) is 6.37. The van der Waals surface area contributed by atoms with Gasteiger partial charge in [-0.15, -0.1) is 0 Å². The third-order valence-corrected chi connectivity index (χ3v) is 5.87. The number of nitrogens with zero attached hydrogens (tertiary/aromatic N) is 2. The number of β-amino-alcohol motifs (C(OH)–C–C–N with tert-alkyl or cyclic N) is 1. The number of likely N-dealkylation sites (tertiary alicyclic amines) is 1. The molecule has 2 fully saturated rings. The van der Waals surface area contributed by atoms with Crippen LogP contribution in [0.5, 0.6) is 5.75 Å². The molecule has 1 saturated carbocycles. The van der Waals surface area contributed by atoms with Crippen LogP contribution < -0.4 is 4.74 Å². The maximum atomic E-state index is 12.8. The van der Waals surface area contributed by atoms with Gasteiger partial charge in [-0.1, -0.05) is 30.3 Å². The second-order valence-electron chi connectivity index (χ2n) is 7.07. The lowest BCUT2D eigenvalue weighted by Gasteiger charge is -2.16. The number of carbonyl (C=O) groups excluding carboxylic acids is 1. The molecule has 2 aromatic rings. The van der Waals surface area contributed by atoms with Crippen LogP contribution in [0.4, 0.5) is 0 Å². The van der Waals surface area contributed by atoms with E-state index in [0.29, 0.717) is 18.0 Å². The number of aliphatic hydroxyl groups excluding tert-OH is 2. The molecule has 1 aliphatic carbocycles. The Hall–Kier alpha value is -2.44. The summed E-state index contributed by atoms with van der Waals surface area (Å²) in [5.74, 6) is 0.352. The van der Waals surface area contributed by atoms with E-state index in [4.69, 9.17) is 4.74 Å². The summed E-state index contributed by atoms with van der Waals surface area (Å²) in [7, 11) is 1.54. The zero-order chi connectivity index (χ0) is 18.3. The lowest BCUT2D eigenvalue weighted by molar-refractivity contribution is 0.0758. The van der Waals surface area contributed by atoms with Crippen LogP contribution in [0.3, 0.4) is 0 Å². The van der Waals surface area contributed by atoms with E-state index in [1.54, 1.807) is 24.1 Å².